The minimum Gasteiger partial charge on any atom is -0.379 e. The van der Waals surface area contributed by atoms with Crippen molar-refractivity contribution < 1.29 is 19.1 Å². The van der Waals surface area contributed by atoms with Crippen molar-refractivity contribution in [1.29, 1.82) is 0 Å². The number of piperazine rings is 1. The van der Waals surface area contributed by atoms with Crippen LogP contribution in [0.2, 0.25) is 0 Å². The van der Waals surface area contributed by atoms with E-state index >= 15 is 0 Å². The summed E-state index contributed by atoms with van der Waals surface area (Å²) in [5.74, 6) is -0.0216. The number of carbonyl (C=O) groups is 3. The highest BCUT2D eigenvalue weighted by atomic mass is 16.5. The van der Waals surface area contributed by atoms with E-state index in [4.69, 9.17) is 4.74 Å². The first kappa shape index (κ1) is 20.8. The van der Waals surface area contributed by atoms with Crippen LogP contribution in [0.3, 0.4) is 0 Å². The lowest BCUT2D eigenvalue weighted by molar-refractivity contribution is -0.158. The molecule has 3 aliphatic heterocycles. The third-order valence-corrected chi connectivity index (χ3v) is 6.15. The highest BCUT2D eigenvalue weighted by Gasteiger charge is 2.40. The summed E-state index contributed by atoms with van der Waals surface area (Å²) in [5.41, 5.74) is 1.52. The third kappa shape index (κ3) is 4.82. The van der Waals surface area contributed by atoms with Crippen LogP contribution in [-0.2, 0) is 20.9 Å². The van der Waals surface area contributed by atoms with E-state index in [0.717, 1.165) is 57.7 Å². The van der Waals surface area contributed by atoms with Crippen LogP contribution in [0.25, 0.3) is 0 Å². The van der Waals surface area contributed by atoms with Crippen LogP contribution in [0.1, 0.15) is 35.2 Å². The lowest BCUT2D eigenvalue weighted by Gasteiger charge is -2.42. The van der Waals surface area contributed by atoms with Gasteiger partial charge in [-0.2, -0.15) is 0 Å². The van der Waals surface area contributed by atoms with Gasteiger partial charge in [0.25, 0.3) is 5.91 Å². The molecule has 1 aromatic carbocycles. The number of ether oxygens (including phenoxy) is 1. The quantitative estimate of drug-likeness (QED) is 0.732. The first-order chi connectivity index (χ1) is 14.6. The second kappa shape index (κ2) is 9.57. The Bertz CT molecular complexity index is 776. The summed E-state index contributed by atoms with van der Waals surface area (Å²) in [5, 5.41) is 2.95. The molecule has 0 bridgehead atoms. The molecule has 3 fully saturated rings. The van der Waals surface area contributed by atoms with Crippen molar-refractivity contribution in [1.82, 2.24) is 20.0 Å². The van der Waals surface area contributed by atoms with E-state index in [2.05, 4.69) is 10.2 Å². The molecule has 0 aliphatic carbocycles. The fraction of sp³-hybridized carbons (Fsp3) is 0.591. The van der Waals surface area contributed by atoms with Crippen molar-refractivity contribution in [2.24, 2.45) is 0 Å². The Balaban J connectivity index is 1.28. The molecule has 3 aliphatic rings. The van der Waals surface area contributed by atoms with Crippen LogP contribution in [0.15, 0.2) is 24.3 Å². The number of hydrogen-bond acceptors (Lipinski definition) is 5. The SMILES string of the molecule is O=C(NCCN1CCOCC1)c1ccc(CN2CC(=O)N3CCCC[C@@H]3C2=O)cc1. The number of fused-ring (bicyclic) bond motifs is 1. The Labute approximate surface area is 177 Å². The van der Waals surface area contributed by atoms with E-state index < -0.39 is 0 Å². The molecule has 0 radical (unpaired) electrons. The standard InChI is InChI=1S/C22H30N4O4/c27-20-16-25(22(29)19-3-1-2-9-26(19)20)15-17-4-6-18(7-5-17)21(28)23-8-10-24-11-13-30-14-12-24/h4-7,19H,1-3,8-16H2,(H,23,28)/t19-/m1/s1. The molecule has 3 heterocycles. The van der Waals surface area contributed by atoms with Crippen molar-refractivity contribution in [3.8, 4) is 0 Å². The summed E-state index contributed by atoms with van der Waals surface area (Å²) in [6.45, 7) is 5.95. The third-order valence-electron chi connectivity index (χ3n) is 6.15. The summed E-state index contributed by atoms with van der Waals surface area (Å²) >= 11 is 0. The molecule has 0 saturated carbocycles. The minimum atomic E-state index is -0.295. The van der Waals surface area contributed by atoms with Crippen LogP contribution >= 0.6 is 0 Å². The molecule has 8 nitrogen and oxygen atoms in total. The number of nitrogens with zero attached hydrogens (tertiary/aromatic N) is 3. The number of piperidine rings is 1. The Kier molecular flexibility index (Phi) is 6.64. The molecule has 162 valence electrons. The van der Waals surface area contributed by atoms with Crippen LogP contribution < -0.4 is 5.32 Å². The van der Waals surface area contributed by atoms with E-state index in [1.54, 1.807) is 21.9 Å². The maximum atomic E-state index is 12.8. The van der Waals surface area contributed by atoms with E-state index in [1.807, 2.05) is 12.1 Å². The summed E-state index contributed by atoms with van der Waals surface area (Å²) in [7, 11) is 0. The van der Waals surface area contributed by atoms with Crippen LogP contribution in [-0.4, -0.2) is 90.9 Å². The van der Waals surface area contributed by atoms with Gasteiger partial charge in [0.1, 0.15) is 12.6 Å². The van der Waals surface area contributed by atoms with Crippen LogP contribution in [0.5, 0.6) is 0 Å². The molecule has 4 rings (SSSR count). The van der Waals surface area contributed by atoms with Gasteiger partial charge in [-0.3, -0.25) is 19.3 Å². The maximum Gasteiger partial charge on any atom is 0.251 e. The van der Waals surface area contributed by atoms with Crippen molar-refractivity contribution in [2.45, 2.75) is 31.8 Å². The second-order valence-corrected chi connectivity index (χ2v) is 8.20. The number of nitrogens with one attached hydrogen (secondary N) is 1. The lowest BCUT2D eigenvalue weighted by Crippen LogP contribution is -2.60. The van der Waals surface area contributed by atoms with Gasteiger partial charge in [-0.05, 0) is 37.0 Å². The van der Waals surface area contributed by atoms with Gasteiger partial charge >= 0.3 is 0 Å². The smallest absolute Gasteiger partial charge is 0.251 e. The van der Waals surface area contributed by atoms with Gasteiger partial charge in [-0.15, -0.1) is 0 Å². The van der Waals surface area contributed by atoms with Crippen LogP contribution in [0, 0.1) is 0 Å². The number of carbonyl (C=O) groups excluding carboxylic acids is 3. The number of hydrogen-bond donors (Lipinski definition) is 1. The van der Waals surface area contributed by atoms with Gasteiger partial charge in [0.05, 0.1) is 13.2 Å². The normalized spacial score (nSPS) is 22.7. The minimum absolute atomic E-state index is 0.0376. The van der Waals surface area contributed by atoms with Crippen molar-refractivity contribution in [2.75, 3.05) is 52.5 Å². The van der Waals surface area contributed by atoms with Crippen molar-refractivity contribution in [3.63, 3.8) is 0 Å². The molecule has 8 heteroatoms. The summed E-state index contributed by atoms with van der Waals surface area (Å²) < 4.78 is 5.33. The molecule has 0 spiro atoms. The molecular weight excluding hydrogens is 384 g/mol. The molecule has 0 aromatic heterocycles. The molecular formula is C22H30N4O4. The van der Waals surface area contributed by atoms with Crippen molar-refractivity contribution in [3.05, 3.63) is 35.4 Å². The zero-order valence-electron chi connectivity index (χ0n) is 17.3. The maximum absolute atomic E-state index is 12.8. The highest BCUT2D eigenvalue weighted by Crippen LogP contribution is 2.24. The first-order valence-electron chi connectivity index (χ1n) is 10.9. The molecule has 3 amide bonds. The van der Waals surface area contributed by atoms with E-state index in [0.29, 0.717) is 25.2 Å². The average Bonchev–Trinajstić information content (AvgIpc) is 2.78. The molecule has 1 N–H and O–H groups in total. The Morgan fingerprint density at radius 1 is 1.07 bits per heavy atom. The Morgan fingerprint density at radius 3 is 2.60 bits per heavy atom. The largest absolute Gasteiger partial charge is 0.379 e. The second-order valence-electron chi connectivity index (χ2n) is 8.20. The number of rotatable bonds is 6. The van der Waals surface area contributed by atoms with Gasteiger partial charge in [0.2, 0.25) is 11.8 Å². The average molecular weight is 415 g/mol. The lowest BCUT2D eigenvalue weighted by atomic mass is 9.98. The van der Waals surface area contributed by atoms with Crippen LogP contribution in [0.4, 0.5) is 0 Å². The van der Waals surface area contributed by atoms with Crippen molar-refractivity contribution >= 4 is 17.7 Å². The predicted octanol–water partition coefficient (Wildman–Crippen LogP) is 0.472. The topological polar surface area (TPSA) is 82.2 Å². The van der Waals surface area contributed by atoms with Gasteiger partial charge in [-0.1, -0.05) is 12.1 Å². The Hall–Kier alpha value is -2.45. The number of morpholine rings is 1. The summed E-state index contributed by atoms with van der Waals surface area (Å²) in [6, 6.07) is 6.99. The van der Waals surface area contributed by atoms with Gasteiger partial charge in [0, 0.05) is 44.8 Å². The van der Waals surface area contributed by atoms with E-state index in [-0.39, 0.29) is 30.3 Å². The Morgan fingerprint density at radius 2 is 1.83 bits per heavy atom. The number of amides is 3. The van der Waals surface area contributed by atoms with Gasteiger partial charge in [0.15, 0.2) is 0 Å². The monoisotopic (exact) mass is 414 g/mol. The molecule has 1 atom stereocenters. The highest BCUT2D eigenvalue weighted by molar-refractivity contribution is 5.95. The number of benzene rings is 1. The van der Waals surface area contributed by atoms with E-state index in [9.17, 15) is 14.4 Å². The van der Waals surface area contributed by atoms with Gasteiger partial charge in [-0.25, -0.2) is 0 Å². The van der Waals surface area contributed by atoms with Gasteiger partial charge < -0.3 is 19.9 Å². The predicted molar refractivity (Wildman–Crippen MR) is 111 cm³/mol. The fourth-order valence-electron chi connectivity index (χ4n) is 4.40. The van der Waals surface area contributed by atoms with E-state index in [1.165, 1.54) is 0 Å². The molecule has 3 saturated heterocycles. The summed E-state index contributed by atoms with van der Waals surface area (Å²) in [4.78, 5) is 43.2. The first-order valence-corrected chi connectivity index (χ1v) is 10.9. The molecule has 1 aromatic rings. The molecule has 0 unspecified atom stereocenters. The zero-order valence-corrected chi connectivity index (χ0v) is 17.3. The summed E-state index contributed by atoms with van der Waals surface area (Å²) in [6.07, 6.45) is 2.72. The molecule has 30 heavy (non-hydrogen) atoms. The zero-order chi connectivity index (χ0) is 20.9. The fourth-order valence-corrected chi connectivity index (χ4v) is 4.40.